The van der Waals surface area contributed by atoms with Crippen molar-refractivity contribution < 1.29 is 8.78 Å². The summed E-state index contributed by atoms with van der Waals surface area (Å²) in [4.78, 5) is 1.87. The third kappa shape index (κ3) is 2.35. The molecule has 2 atom stereocenters. The first-order valence-corrected chi connectivity index (χ1v) is 5.97. The number of hydrogen-bond acceptors (Lipinski definition) is 2. The van der Waals surface area contributed by atoms with E-state index in [0.717, 1.165) is 25.6 Å². The molecular weight excluding hydrogens is 222 g/mol. The van der Waals surface area contributed by atoms with Gasteiger partial charge in [0, 0.05) is 13.1 Å². The lowest BCUT2D eigenvalue weighted by atomic mass is 9.91. The Morgan fingerprint density at radius 2 is 1.76 bits per heavy atom. The Hall–Kier alpha value is -1.32. The van der Waals surface area contributed by atoms with Crippen molar-refractivity contribution in [2.45, 2.75) is 20.3 Å². The predicted molar refractivity (Wildman–Crippen MR) is 65.9 cm³/mol. The van der Waals surface area contributed by atoms with Gasteiger partial charge >= 0.3 is 0 Å². The maximum atomic E-state index is 13.8. The summed E-state index contributed by atoms with van der Waals surface area (Å²) in [5.41, 5.74) is 6.30. The van der Waals surface area contributed by atoms with E-state index in [1.807, 2.05) is 4.90 Å². The van der Waals surface area contributed by atoms with Gasteiger partial charge in [0.1, 0.15) is 0 Å². The van der Waals surface area contributed by atoms with Crippen LogP contribution in [0.5, 0.6) is 0 Å². The fourth-order valence-electron chi connectivity index (χ4n) is 2.72. The lowest BCUT2D eigenvalue weighted by Crippen LogP contribution is -2.39. The molecule has 1 aromatic carbocycles. The van der Waals surface area contributed by atoms with Gasteiger partial charge in [-0.3, -0.25) is 0 Å². The summed E-state index contributed by atoms with van der Waals surface area (Å²) >= 11 is 0. The van der Waals surface area contributed by atoms with Gasteiger partial charge in [0.15, 0.2) is 11.6 Å². The Balaban J connectivity index is 2.36. The third-order valence-electron chi connectivity index (χ3n) is 3.29. The highest BCUT2D eigenvalue weighted by Crippen LogP contribution is 2.33. The van der Waals surface area contributed by atoms with Crippen LogP contribution < -0.4 is 10.6 Å². The number of benzene rings is 1. The Kier molecular flexibility index (Phi) is 3.22. The molecule has 0 amide bonds. The topological polar surface area (TPSA) is 29.3 Å². The first kappa shape index (κ1) is 12.1. The lowest BCUT2D eigenvalue weighted by molar-refractivity contribution is 0.353. The van der Waals surface area contributed by atoms with E-state index in [1.165, 1.54) is 6.07 Å². The first-order valence-electron chi connectivity index (χ1n) is 5.97. The quantitative estimate of drug-likeness (QED) is 0.764. The summed E-state index contributed by atoms with van der Waals surface area (Å²) in [5, 5.41) is 0. The summed E-state index contributed by atoms with van der Waals surface area (Å²) in [6, 6.07) is 2.50. The van der Waals surface area contributed by atoms with E-state index in [1.54, 1.807) is 0 Å². The number of piperidine rings is 1. The number of nitrogens with zero attached hydrogens (tertiary/aromatic N) is 1. The second-order valence-corrected chi connectivity index (χ2v) is 5.15. The average molecular weight is 240 g/mol. The van der Waals surface area contributed by atoms with Gasteiger partial charge in [0.25, 0.3) is 0 Å². The van der Waals surface area contributed by atoms with E-state index in [4.69, 9.17) is 5.73 Å². The zero-order valence-corrected chi connectivity index (χ0v) is 10.2. The predicted octanol–water partition coefficient (Wildman–Crippen LogP) is 3.03. The zero-order chi connectivity index (χ0) is 12.6. The van der Waals surface area contributed by atoms with Gasteiger partial charge < -0.3 is 10.6 Å². The normalized spacial score (nSPS) is 25.1. The van der Waals surface area contributed by atoms with Crippen molar-refractivity contribution in [3.05, 3.63) is 23.8 Å². The second kappa shape index (κ2) is 4.51. The lowest BCUT2D eigenvalue weighted by Gasteiger charge is -2.37. The van der Waals surface area contributed by atoms with E-state index in [0.29, 0.717) is 17.5 Å². The van der Waals surface area contributed by atoms with E-state index >= 15 is 0 Å². The molecule has 2 N–H and O–H groups in total. The van der Waals surface area contributed by atoms with Crippen molar-refractivity contribution in [2.24, 2.45) is 11.8 Å². The van der Waals surface area contributed by atoms with E-state index in [9.17, 15) is 8.78 Å². The third-order valence-corrected chi connectivity index (χ3v) is 3.29. The summed E-state index contributed by atoms with van der Waals surface area (Å²) in [6.07, 6.45) is 1.12. The highest BCUT2D eigenvalue weighted by molar-refractivity contribution is 5.68. The van der Waals surface area contributed by atoms with Gasteiger partial charge in [-0.1, -0.05) is 13.8 Å². The molecule has 0 radical (unpaired) electrons. The molecule has 0 spiro atoms. The van der Waals surface area contributed by atoms with Gasteiger partial charge in [0.05, 0.1) is 11.4 Å². The van der Waals surface area contributed by atoms with Crippen molar-refractivity contribution in [1.82, 2.24) is 0 Å². The molecule has 1 aromatic rings. The summed E-state index contributed by atoms with van der Waals surface area (Å²) in [7, 11) is 0. The first-order chi connectivity index (χ1) is 7.99. The zero-order valence-electron chi connectivity index (χ0n) is 10.2. The van der Waals surface area contributed by atoms with Gasteiger partial charge in [-0.05, 0) is 30.4 Å². The minimum absolute atomic E-state index is 0.225. The molecule has 17 heavy (non-hydrogen) atoms. The van der Waals surface area contributed by atoms with Gasteiger partial charge in [-0.15, -0.1) is 0 Å². The molecule has 0 saturated carbocycles. The Morgan fingerprint density at radius 1 is 1.18 bits per heavy atom. The van der Waals surface area contributed by atoms with Crippen molar-refractivity contribution in [2.75, 3.05) is 23.7 Å². The largest absolute Gasteiger partial charge is 0.397 e. The Morgan fingerprint density at radius 3 is 2.35 bits per heavy atom. The average Bonchev–Trinajstić information content (AvgIpc) is 2.23. The fraction of sp³-hybridized carbons (Fsp3) is 0.538. The van der Waals surface area contributed by atoms with E-state index < -0.39 is 11.6 Å². The number of hydrogen-bond donors (Lipinski definition) is 1. The van der Waals surface area contributed by atoms with Crippen molar-refractivity contribution >= 4 is 11.4 Å². The molecule has 1 saturated heterocycles. The molecule has 2 nitrogen and oxygen atoms in total. The molecule has 0 bridgehead atoms. The smallest absolute Gasteiger partial charge is 0.184 e. The van der Waals surface area contributed by atoms with E-state index in [-0.39, 0.29) is 5.69 Å². The Bertz CT molecular complexity index is 410. The van der Waals surface area contributed by atoms with Crippen molar-refractivity contribution in [1.29, 1.82) is 0 Å². The number of halogens is 2. The van der Waals surface area contributed by atoms with Crippen LogP contribution in [0.3, 0.4) is 0 Å². The Labute approximate surface area is 100 Å². The maximum absolute atomic E-state index is 13.8. The molecule has 1 heterocycles. The van der Waals surface area contributed by atoms with Crippen molar-refractivity contribution in [3.8, 4) is 0 Å². The van der Waals surface area contributed by atoms with Crippen LogP contribution in [0, 0.1) is 23.5 Å². The van der Waals surface area contributed by atoms with Crippen LogP contribution in [-0.4, -0.2) is 13.1 Å². The molecule has 0 aliphatic carbocycles. The van der Waals surface area contributed by atoms with Crippen LogP contribution in [0.1, 0.15) is 20.3 Å². The number of rotatable bonds is 1. The van der Waals surface area contributed by atoms with Crippen LogP contribution in [0.25, 0.3) is 0 Å². The fourth-order valence-corrected chi connectivity index (χ4v) is 2.72. The van der Waals surface area contributed by atoms with Gasteiger partial charge in [0.2, 0.25) is 0 Å². The van der Waals surface area contributed by atoms with Crippen LogP contribution in [-0.2, 0) is 0 Å². The molecular formula is C13H18F2N2. The summed E-state index contributed by atoms with van der Waals surface area (Å²) in [5.74, 6) is -0.715. The number of anilines is 2. The van der Waals surface area contributed by atoms with Gasteiger partial charge in [-0.2, -0.15) is 0 Å². The highest BCUT2D eigenvalue weighted by Gasteiger charge is 2.26. The second-order valence-electron chi connectivity index (χ2n) is 5.15. The maximum Gasteiger partial charge on any atom is 0.184 e. The standard InChI is InChI=1S/C13H18F2N2/c1-8-5-9(2)7-17(6-8)13-11(16)4-3-10(14)12(13)15/h3-4,8-9H,5-7,16H2,1-2H3. The minimum Gasteiger partial charge on any atom is -0.397 e. The highest BCUT2D eigenvalue weighted by atomic mass is 19.2. The minimum atomic E-state index is -0.833. The summed E-state index contributed by atoms with van der Waals surface area (Å²) < 4.78 is 27.1. The molecule has 94 valence electrons. The molecule has 2 unspecified atom stereocenters. The van der Waals surface area contributed by atoms with Gasteiger partial charge in [-0.25, -0.2) is 8.78 Å². The molecule has 1 aliphatic rings. The molecule has 1 fully saturated rings. The van der Waals surface area contributed by atoms with Crippen LogP contribution in [0.2, 0.25) is 0 Å². The van der Waals surface area contributed by atoms with Crippen LogP contribution in [0.4, 0.5) is 20.2 Å². The molecule has 4 heteroatoms. The monoisotopic (exact) mass is 240 g/mol. The molecule has 2 rings (SSSR count). The number of nitrogens with two attached hydrogens (primary N) is 1. The van der Waals surface area contributed by atoms with Crippen molar-refractivity contribution in [3.63, 3.8) is 0 Å². The summed E-state index contributed by atoms with van der Waals surface area (Å²) in [6.45, 7) is 5.70. The van der Waals surface area contributed by atoms with Crippen LogP contribution in [0.15, 0.2) is 12.1 Å². The van der Waals surface area contributed by atoms with Crippen LogP contribution >= 0.6 is 0 Å². The molecule has 0 aromatic heterocycles. The van der Waals surface area contributed by atoms with E-state index in [2.05, 4.69) is 13.8 Å². The molecule has 1 aliphatic heterocycles. The SMILES string of the molecule is CC1CC(C)CN(c2c(N)ccc(F)c2F)C1. The number of nitrogen functional groups attached to an aromatic ring is 1.